The first-order chi connectivity index (χ1) is 12.6. The van der Waals surface area contributed by atoms with Crippen molar-refractivity contribution in [3.63, 3.8) is 0 Å². The zero-order valence-corrected chi connectivity index (χ0v) is 15.4. The molecule has 0 radical (unpaired) electrons. The van der Waals surface area contributed by atoms with E-state index in [1.807, 2.05) is 0 Å². The quantitative estimate of drug-likeness (QED) is 0.263. The number of nitrogens with zero attached hydrogens (tertiary/aromatic N) is 2. The third-order valence-electron chi connectivity index (χ3n) is 5.99. The number of imide groups is 1. The van der Waals surface area contributed by atoms with Gasteiger partial charge in [-0.15, -0.1) is 0 Å². The normalized spacial score (nSPS) is 28.2. The highest BCUT2D eigenvalue weighted by Crippen LogP contribution is 2.28. The molecule has 3 amide bonds. The third kappa shape index (κ3) is 3.91. The maximum Gasteiger partial charge on any atom is 0.278 e. The van der Waals surface area contributed by atoms with Crippen molar-refractivity contribution in [1.82, 2.24) is 10.2 Å². The predicted octanol–water partition coefficient (Wildman–Crippen LogP) is 1.85. The van der Waals surface area contributed by atoms with Gasteiger partial charge in [0.1, 0.15) is 5.71 Å². The number of amides is 3. The van der Waals surface area contributed by atoms with Gasteiger partial charge in [-0.2, -0.15) is 5.10 Å². The standard InChI is InChI=1S/C19H30N4O3/c20-22-16-15(17(24)21-13-9-5-1-2-6-10-13)18(25)23(19(16)26)14-11-7-3-4-8-12-14/h13-15H,1-12,20H2,(H,21,24)/b22-16+. The number of carbonyl (C=O) groups is 3. The van der Waals surface area contributed by atoms with E-state index >= 15 is 0 Å². The molecule has 1 unspecified atom stereocenters. The summed E-state index contributed by atoms with van der Waals surface area (Å²) in [6.45, 7) is 0. The molecule has 2 saturated carbocycles. The fourth-order valence-electron chi connectivity index (χ4n) is 4.54. The first-order valence-electron chi connectivity index (χ1n) is 10.1. The van der Waals surface area contributed by atoms with E-state index in [-0.39, 0.29) is 17.8 Å². The van der Waals surface area contributed by atoms with E-state index in [9.17, 15) is 14.4 Å². The minimum Gasteiger partial charge on any atom is -0.352 e. The smallest absolute Gasteiger partial charge is 0.278 e. The lowest BCUT2D eigenvalue weighted by Gasteiger charge is -2.25. The molecule has 2 aliphatic carbocycles. The molecule has 1 atom stereocenters. The van der Waals surface area contributed by atoms with Gasteiger partial charge in [-0.3, -0.25) is 19.3 Å². The number of hydrazone groups is 1. The second kappa shape index (κ2) is 8.64. The first-order valence-corrected chi connectivity index (χ1v) is 10.1. The van der Waals surface area contributed by atoms with Gasteiger partial charge in [0.15, 0.2) is 5.92 Å². The lowest BCUT2D eigenvalue weighted by molar-refractivity contribution is -0.143. The van der Waals surface area contributed by atoms with Crippen LogP contribution in [0.15, 0.2) is 5.10 Å². The predicted molar refractivity (Wildman–Crippen MR) is 98.1 cm³/mol. The van der Waals surface area contributed by atoms with Gasteiger partial charge in [0.05, 0.1) is 0 Å². The van der Waals surface area contributed by atoms with Crippen LogP contribution in [0.4, 0.5) is 0 Å². The van der Waals surface area contributed by atoms with E-state index in [0.717, 1.165) is 64.2 Å². The zero-order valence-electron chi connectivity index (χ0n) is 15.4. The van der Waals surface area contributed by atoms with Crippen molar-refractivity contribution in [3.8, 4) is 0 Å². The molecule has 0 spiro atoms. The highest BCUT2D eigenvalue weighted by atomic mass is 16.2. The SMILES string of the molecule is N/N=C1/C(=O)N(C2CCCCCC2)C(=O)C1C(=O)NC1CCCCCC1. The second-order valence-corrected chi connectivity index (χ2v) is 7.80. The molecule has 0 aromatic heterocycles. The summed E-state index contributed by atoms with van der Waals surface area (Å²) >= 11 is 0. The first kappa shape index (κ1) is 18.9. The Balaban J connectivity index is 1.74. The van der Waals surface area contributed by atoms with E-state index in [2.05, 4.69) is 10.4 Å². The van der Waals surface area contributed by atoms with Crippen molar-refractivity contribution in [2.24, 2.45) is 16.9 Å². The van der Waals surface area contributed by atoms with Gasteiger partial charge >= 0.3 is 0 Å². The Bertz CT molecular complexity index is 573. The molecule has 0 aromatic rings. The number of nitrogens with one attached hydrogen (secondary N) is 1. The van der Waals surface area contributed by atoms with Gasteiger partial charge in [0.2, 0.25) is 11.8 Å². The van der Waals surface area contributed by atoms with Crippen LogP contribution in [0.3, 0.4) is 0 Å². The monoisotopic (exact) mass is 362 g/mol. The number of hydrogen-bond acceptors (Lipinski definition) is 5. The summed E-state index contributed by atoms with van der Waals surface area (Å²) in [5.41, 5.74) is -0.106. The van der Waals surface area contributed by atoms with E-state index in [4.69, 9.17) is 5.84 Å². The van der Waals surface area contributed by atoms with Gasteiger partial charge in [-0.25, -0.2) is 0 Å². The largest absolute Gasteiger partial charge is 0.352 e. The molecule has 26 heavy (non-hydrogen) atoms. The number of nitrogens with two attached hydrogens (primary N) is 1. The molecule has 3 fully saturated rings. The summed E-state index contributed by atoms with van der Waals surface area (Å²) < 4.78 is 0. The minimum atomic E-state index is -1.18. The average Bonchev–Trinajstić information content (AvgIpc) is 2.92. The maximum atomic E-state index is 13.0. The molecular weight excluding hydrogens is 332 g/mol. The van der Waals surface area contributed by atoms with E-state index in [0.29, 0.717) is 0 Å². The van der Waals surface area contributed by atoms with Gasteiger partial charge in [-0.05, 0) is 25.7 Å². The van der Waals surface area contributed by atoms with Crippen LogP contribution in [0, 0.1) is 5.92 Å². The van der Waals surface area contributed by atoms with Crippen molar-refractivity contribution in [3.05, 3.63) is 0 Å². The molecule has 1 saturated heterocycles. The number of likely N-dealkylation sites (tertiary alicyclic amines) is 1. The van der Waals surface area contributed by atoms with Gasteiger partial charge < -0.3 is 11.2 Å². The molecule has 3 rings (SSSR count). The van der Waals surface area contributed by atoms with Crippen molar-refractivity contribution < 1.29 is 14.4 Å². The highest BCUT2D eigenvalue weighted by Gasteiger charge is 2.51. The number of rotatable bonds is 3. The van der Waals surface area contributed by atoms with Crippen molar-refractivity contribution in [2.75, 3.05) is 0 Å². The van der Waals surface area contributed by atoms with Crippen LogP contribution in [0.1, 0.15) is 77.0 Å². The summed E-state index contributed by atoms with van der Waals surface area (Å²) in [4.78, 5) is 39.8. The summed E-state index contributed by atoms with van der Waals surface area (Å²) in [7, 11) is 0. The topological polar surface area (TPSA) is 105 Å². The van der Waals surface area contributed by atoms with Crippen molar-refractivity contribution in [1.29, 1.82) is 0 Å². The minimum absolute atomic E-state index is 0.0684. The Morgan fingerprint density at radius 3 is 2.00 bits per heavy atom. The van der Waals surface area contributed by atoms with Gasteiger partial charge in [-0.1, -0.05) is 51.4 Å². The van der Waals surface area contributed by atoms with Crippen LogP contribution in [0.2, 0.25) is 0 Å². The zero-order chi connectivity index (χ0) is 18.5. The van der Waals surface area contributed by atoms with E-state index < -0.39 is 23.6 Å². The Kier molecular flexibility index (Phi) is 6.27. The average molecular weight is 362 g/mol. The van der Waals surface area contributed by atoms with Gasteiger partial charge in [0.25, 0.3) is 5.91 Å². The molecule has 3 aliphatic rings. The van der Waals surface area contributed by atoms with Crippen LogP contribution in [0.25, 0.3) is 0 Å². The van der Waals surface area contributed by atoms with Crippen molar-refractivity contribution in [2.45, 2.75) is 89.1 Å². The van der Waals surface area contributed by atoms with E-state index in [1.165, 1.54) is 17.7 Å². The van der Waals surface area contributed by atoms with Crippen LogP contribution >= 0.6 is 0 Å². The van der Waals surface area contributed by atoms with E-state index in [1.54, 1.807) is 0 Å². The Morgan fingerprint density at radius 2 is 1.46 bits per heavy atom. The fraction of sp³-hybridized carbons (Fsp3) is 0.789. The molecule has 144 valence electrons. The number of carbonyl (C=O) groups excluding carboxylic acids is 3. The molecule has 3 N–H and O–H groups in total. The summed E-state index contributed by atoms with van der Waals surface area (Å²) in [5, 5.41) is 6.52. The van der Waals surface area contributed by atoms with Crippen LogP contribution < -0.4 is 11.2 Å². The van der Waals surface area contributed by atoms with Gasteiger partial charge in [0, 0.05) is 12.1 Å². The summed E-state index contributed by atoms with van der Waals surface area (Å²) in [6.07, 6.45) is 12.2. The molecule has 7 heteroatoms. The highest BCUT2D eigenvalue weighted by molar-refractivity contribution is 6.54. The third-order valence-corrected chi connectivity index (χ3v) is 5.99. The Labute approximate surface area is 154 Å². The second-order valence-electron chi connectivity index (χ2n) is 7.80. The van der Waals surface area contributed by atoms with Crippen LogP contribution in [0.5, 0.6) is 0 Å². The Morgan fingerprint density at radius 1 is 0.923 bits per heavy atom. The summed E-state index contributed by atoms with van der Waals surface area (Å²) in [6, 6.07) is -0.0659. The summed E-state index contributed by atoms with van der Waals surface area (Å²) in [5.74, 6) is 2.87. The molecule has 1 aliphatic heterocycles. The molecule has 7 nitrogen and oxygen atoms in total. The maximum absolute atomic E-state index is 13.0. The molecular formula is C19H30N4O3. The Hall–Kier alpha value is -1.92. The van der Waals surface area contributed by atoms with Crippen LogP contribution in [-0.4, -0.2) is 40.4 Å². The van der Waals surface area contributed by atoms with Crippen molar-refractivity contribution >= 4 is 23.4 Å². The number of hydrogen-bond donors (Lipinski definition) is 2. The lowest BCUT2D eigenvalue weighted by atomic mass is 10.0. The fourth-order valence-corrected chi connectivity index (χ4v) is 4.54. The molecule has 0 aromatic carbocycles. The van der Waals surface area contributed by atoms with Crippen LogP contribution in [-0.2, 0) is 14.4 Å². The molecule has 0 bridgehead atoms. The lowest BCUT2D eigenvalue weighted by Crippen LogP contribution is -2.45. The molecule has 1 heterocycles.